The van der Waals surface area contributed by atoms with Gasteiger partial charge in [-0.3, -0.25) is 9.59 Å². The van der Waals surface area contributed by atoms with Crippen LogP contribution >= 0.6 is 11.6 Å². The van der Waals surface area contributed by atoms with Crippen LogP contribution in [0.5, 0.6) is 5.75 Å². The van der Waals surface area contributed by atoms with Gasteiger partial charge < -0.3 is 4.74 Å². The summed E-state index contributed by atoms with van der Waals surface area (Å²) in [5.41, 5.74) is 0.168. The van der Waals surface area contributed by atoms with Gasteiger partial charge in [0.05, 0.1) is 5.39 Å². The Balaban J connectivity index is 1.87. The number of rotatable bonds is 4. The number of aromatic amines is 1. The zero-order chi connectivity index (χ0) is 18.9. The summed E-state index contributed by atoms with van der Waals surface area (Å²) in [5.74, 6) is -0.757. The molecular weight excluding hydrogens is 373 g/mol. The van der Waals surface area contributed by atoms with E-state index in [2.05, 4.69) is 14.9 Å². The van der Waals surface area contributed by atoms with Crippen LogP contribution in [0.25, 0.3) is 10.8 Å². The number of ketones is 1. The van der Waals surface area contributed by atoms with E-state index in [0.29, 0.717) is 10.9 Å². The molecule has 0 saturated heterocycles. The number of fused-ring (bicyclic) bond motifs is 1. The Bertz CT molecular complexity index is 1050. The lowest BCUT2D eigenvalue weighted by molar-refractivity contribution is -0.274. The molecule has 0 unspecified atom stereocenters. The van der Waals surface area contributed by atoms with E-state index in [4.69, 9.17) is 11.6 Å². The number of nitrogens with zero attached hydrogens (tertiary/aromatic N) is 1. The lowest BCUT2D eigenvalue weighted by Gasteiger charge is -2.10. The van der Waals surface area contributed by atoms with Gasteiger partial charge in [-0.2, -0.15) is 5.10 Å². The normalized spacial score (nSPS) is 11.5. The molecule has 5 nitrogen and oxygen atoms in total. The fourth-order valence-corrected chi connectivity index (χ4v) is 2.65. The second-order valence-electron chi connectivity index (χ2n) is 5.40. The maximum atomic E-state index is 12.4. The van der Waals surface area contributed by atoms with Crippen LogP contribution in [0.4, 0.5) is 13.2 Å². The third-order valence-corrected chi connectivity index (χ3v) is 3.85. The minimum Gasteiger partial charge on any atom is -0.406 e. The molecule has 134 valence electrons. The van der Waals surface area contributed by atoms with Gasteiger partial charge in [-0.25, -0.2) is 5.10 Å². The van der Waals surface area contributed by atoms with E-state index in [9.17, 15) is 22.8 Å². The van der Waals surface area contributed by atoms with Crippen molar-refractivity contribution in [3.05, 3.63) is 69.1 Å². The molecule has 0 spiro atoms. The average Bonchev–Trinajstić information content (AvgIpc) is 2.57. The van der Waals surface area contributed by atoms with Gasteiger partial charge in [-0.05, 0) is 29.8 Å². The largest absolute Gasteiger partial charge is 0.573 e. The van der Waals surface area contributed by atoms with Crippen molar-refractivity contribution in [1.29, 1.82) is 0 Å². The fourth-order valence-electron chi connectivity index (χ4n) is 2.45. The number of alkyl halides is 3. The van der Waals surface area contributed by atoms with Gasteiger partial charge >= 0.3 is 6.36 Å². The van der Waals surface area contributed by atoms with Crippen molar-refractivity contribution in [1.82, 2.24) is 10.2 Å². The van der Waals surface area contributed by atoms with Crippen molar-refractivity contribution < 1.29 is 22.7 Å². The van der Waals surface area contributed by atoms with Gasteiger partial charge in [0.15, 0.2) is 10.9 Å². The smallest absolute Gasteiger partial charge is 0.406 e. The van der Waals surface area contributed by atoms with Crippen LogP contribution in [0.15, 0.2) is 47.3 Å². The molecule has 0 aliphatic carbocycles. The molecule has 0 amide bonds. The highest BCUT2D eigenvalue weighted by Gasteiger charge is 2.31. The van der Waals surface area contributed by atoms with Crippen LogP contribution in [0.2, 0.25) is 5.15 Å². The Morgan fingerprint density at radius 1 is 1.15 bits per heavy atom. The molecule has 1 heterocycles. The van der Waals surface area contributed by atoms with Crippen LogP contribution in [-0.4, -0.2) is 22.3 Å². The maximum Gasteiger partial charge on any atom is 0.573 e. The predicted octanol–water partition coefficient (Wildman–Crippen LogP) is 3.90. The van der Waals surface area contributed by atoms with E-state index >= 15 is 0 Å². The molecule has 3 rings (SSSR count). The highest BCUT2D eigenvalue weighted by Crippen LogP contribution is 2.24. The Kier molecular flexibility index (Phi) is 4.69. The number of halogens is 4. The summed E-state index contributed by atoms with van der Waals surface area (Å²) in [6, 6.07) is 9.50. The quantitative estimate of drug-likeness (QED) is 0.695. The standard InChI is InChI=1S/C17H10ClF3N2O3/c18-15-13-8-10(4-5-12(13)16(25)23-22-15)14(24)7-9-2-1-3-11(6-9)26-17(19,20)21/h1-6,8H,7H2,(H,23,25). The summed E-state index contributed by atoms with van der Waals surface area (Å²) in [6.45, 7) is 0. The SMILES string of the molecule is O=C(Cc1cccc(OC(F)(F)F)c1)c1ccc2c(=O)[nH]nc(Cl)c2c1. The van der Waals surface area contributed by atoms with Crippen molar-refractivity contribution in [2.24, 2.45) is 0 Å². The number of hydrogen-bond acceptors (Lipinski definition) is 4. The zero-order valence-corrected chi connectivity index (χ0v) is 13.7. The number of benzene rings is 2. The second kappa shape index (κ2) is 6.80. The number of H-pyrrole nitrogens is 1. The Hall–Kier alpha value is -2.87. The molecule has 9 heteroatoms. The molecule has 26 heavy (non-hydrogen) atoms. The second-order valence-corrected chi connectivity index (χ2v) is 5.76. The summed E-state index contributed by atoms with van der Waals surface area (Å²) in [7, 11) is 0. The van der Waals surface area contributed by atoms with Gasteiger partial charge in [0, 0.05) is 17.4 Å². The summed E-state index contributed by atoms with van der Waals surface area (Å²) in [5, 5.41) is 6.49. The molecule has 0 atom stereocenters. The Morgan fingerprint density at radius 2 is 1.92 bits per heavy atom. The Morgan fingerprint density at radius 3 is 2.65 bits per heavy atom. The summed E-state index contributed by atoms with van der Waals surface area (Å²) in [6.07, 6.45) is -4.95. The first-order valence-corrected chi connectivity index (χ1v) is 7.66. The number of nitrogens with one attached hydrogen (secondary N) is 1. The number of ether oxygens (including phenoxy) is 1. The molecule has 0 saturated carbocycles. The molecule has 2 aromatic carbocycles. The van der Waals surface area contributed by atoms with Gasteiger partial charge in [0.25, 0.3) is 5.56 Å². The molecule has 0 aliphatic heterocycles. The summed E-state index contributed by atoms with van der Waals surface area (Å²) < 4.78 is 40.7. The monoisotopic (exact) mass is 382 g/mol. The number of hydrogen-bond donors (Lipinski definition) is 1. The molecule has 1 N–H and O–H groups in total. The van der Waals surface area contributed by atoms with E-state index in [1.807, 2.05) is 0 Å². The molecule has 3 aromatic rings. The van der Waals surface area contributed by atoms with Crippen molar-refractivity contribution in [2.45, 2.75) is 12.8 Å². The molecule has 0 fully saturated rings. The number of aromatic nitrogens is 2. The number of carbonyl (C=O) groups excluding carboxylic acids is 1. The first-order chi connectivity index (χ1) is 12.2. The predicted molar refractivity (Wildman–Crippen MR) is 88.5 cm³/mol. The van der Waals surface area contributed by atoms with Crippen molar-refractivity contribution in [3.8, 4) is 5.75 Å². The van der Waals surface area contributed by atoms with Crippen molar-refractivity contribution in [2.75, 3.05) is 0 Å². The average molecular weight is 383 g/mol. The van der Waals surface area contributed by atoms with Crippen LogP contribution in [0.3, 0.4) is 0 Å². The maximum absolute atomic E-state index is 12.4. The van der Waals surface area contributed by atoms with Crippen LogP contribution < -0.4 is 10.3 Å². The molecule has 0 aliphatic rings. The first kappa shape index (κ1) is 17.9. The van der Waals surface area contributed by atoms with Crippen LogP contribution in [-0.2, 0) is 6.42 Å². The number of Topliss-reactive ketones (excluding diaryl/α,β-unsaturated/α-hetero) is 1. The zero-order valence-electron chi connectivity index (χ0n) is 12.9. The molecular formula is C17H10ClF3N2O3. The van der Waals surface area contributed by atoms with Crippen molar-refractivity contribution >= 4 is 28.2 Å². The van der Waals surface area contributed by atoms with Gasteiger partial charge in [0.2, 0.25) is 0 Å². The summed E-state index contributed by atoms with van der Waals surface area (Å²) >= 11 is 5.93. The van der Waals surface area contributed by atoms with E-state index in [-0.39, 0.29) is 28.3 Å². The van der Waals surface area contributed by atoms with Gasteiger partial charge in [-0.15, -0.1) is 13.2 Å². The Labute approximate surface area is 149 Å². The number of carbonyl (C=O) groups is 1. The molecule has 0 radical (unpaired) electrons. The fraction of sp³-hybridized carbons (Fsp3) is 0.118. The lowest BCUT2D eigenvalue weighted by Crippen LogP contribution is -2.17. The van der Waals surface area contributed by atoms with Crippen molar-refractivity contribution in [3.63, 3.8) is 0 Å². The third kappa shape index (κ3) is 4.02. The van der Waals surface area contributed by atoms with Crippen LogP contribution in [0, 0.1) is 0 Å². The first-order valence-electron chi connectivity index (χ1n) is 7.29. The highest BCUT2D eigenvalue weighted by atomic mass is 35.5. The van der Waals surface area contributed by atoms with Gasteiger partial charge in [-0.1, -0.05) is 29.8 Å². The lowest BCUT2D eigenvalue weighted by atomic mass is 10.0. The minimum atomic E-state index is -4.81. The van der Waals surface area contributed by atoms with Gasteiger partial charge in [0.1, 0.15) is 5.75 Å². The minimum absolute atomic E-state index is 0.0369. The molecule has 0 bridgehead atoms. The topological polar surface area (TPSA) is 72.1 Å². The third-order valence-electron chi connectivity index (χ3n) is 3.56. The van der Waals surface area contributed by atoms with Crippen LogP contribution in [0.1, 0.15) is 15.9 Å². The van der Waals surface area contributed by atoms with E-state index in [1.54, 1.807) is 0 Å². The van der Waals surface area contributed by atoms with E-state index < -0.39 is 17.7 Å². The van der Waals surface area contributed by atoms with E-state index in [0.717, 1.165) is 12.1 Å². The molecule has 1 aromatic heterocycles. The highest BCUT2D eigenvalue weighted by molar-refractivity contribution is 6.34. The van der Waals surface area contributed by atoms with E-state index in [1.165, 1.54) is 30.3 Å². The summed E-state index contributed by atoms with van der Waals surface area (Å²) in [4.78, 5) is 24.1.